The van der Waals surface area contributed by atoms with Gasteiger partial charge in [0.2, 0.25) is 0 Å². The Kier molecular flexibility index (Phi) is 4.70. The van der Waals surface area contributed by atoms with Crippen LogP contribution < -0.4 is 0 Å². The fraction of sp³-hybridized carbons (Fsp3) is 0.182. The van der Waals surface area contributed by atoms with Crippen molar-refractivity contribution < 1.29 is 12.8 Å². The molecule has 0 radical (unpaired) electrons. The van der Waals surface area contributed by atoms with Crippen LogP contribution in [0.3, 0.4) is 0 Å². The fourth-order valence-corrected chi connectivity index (χ4v) is 4.14. The second-order valence-corrected chi connectivity index (χ2v) is 9.12. The number of aromatic nitrogens is 3. The van der Waals surface area contributed by atoms with Crippen molar-refractivity contribution in [3.63, 3.8) is 0 Å². The van der Waals surface area contributed by atoms with Crippen LogP contribution in [0.25, 0.3) is 27.7 Å². The van der Waals surface area contributed by atoms with Gasteiger partial charge in [-0.05, 0) is 36.8 Å². The second-order valence-electron chi connectivity index (χ2n) is 7.10. The molecule has 0 N–H and O–H groups in total. The fourth-order valence-electron chi connectivity index (χ4n) is 3.48. The standard InChI is InChI=1S/C22H20FN3O2S/c1-14-21-20(26(2)25-14)13-19(15-6-4-8-17(23)11-10-15)24-22(21)16-7-5-9-18(12-16)29(3,27)28/h4-7,9-13H,8H2,1-3H3. The van der Waals surface area contributed by atoms with Crippen molar-refractivity contribution in [2.45, 2.75) is 18.2 Å². The van der Waals surface area contributed by atoms with Crippen molar-refractivity contribution in [2.24, 2.45) is 7.05 Å². The van der Waals surface area contributed by atoms with Crippen molar-refractivity contribution in [3.8, 4) is 11.3 Å². The maximum atomic E-state index is 13.6. The zero-order valence-electron chi connectivity index (χ0n) is 16.3. The van der Waals surface area contributed by atoms with Crippen LogP contribution in [-0.4, -0.2) is 29.4 Å². The molecule has 2 aromatic heterocycles. The van der Waals surface area contributed by atoms with Crippen molar-refractivity contribution in [3.05, 3.63) is 71.9 Å². The molecule has 0 saturated heterocycles. The molecule has 3 aromatic rings. The van der Waals surface area contributed by atoms with Gasteiger partial charge in [0.15, 0.2) is 9.84 Å². The molecule has 0 fully saturated rings. The third kappa shape index (κ3) is 3.65. The SMILES string of the molecule is Cc1nn(C)c2cc(C3=CC=C(F)CC=C3)nc(-c3cccc(S(C)(=O)=O)c3)c12. The zero-order chi connectivity index (χ0) is 20.8. The summed E-state index contributed by atoms with van der Waals surface area (Å²) in [5.41, 5.74) is 4.46. The molecular formula is C22H20FN3O2S. The Morgan fingerprint density at radius 2 is 1.97 bits per heavy atom. The van der Waals surface area contributed by atoms with Crippen LogP contribution in [0.2, 0.25) is 0 Å². The van der Waals surface area contributed by atoms with E-state index < -0.39 is 9.84 Å². The number of rotatable bonds is 3. The quantitative estimate of drug-likeness (QED) is 0.637. The number of pyridine rings is 1. The molecule has 148 valence electrons. The normalized spacial score (nSPS) is 14.6. The molecule has 1 aliphatic rings. The summed E-state index contributed by atoms with van der Waals surface area (Å²) in [6, 6.07) is 8.67. The predicted octanol–water partition coefficient (Wildman–Crippen LogP) is 4.54. The number of allylic oxidation sites excluding steroid dienone is 6. The monoisotopic (exact) mass is 409 g/mol. The number of benzene rings is 1. The first-order valence-electron chi connectivity index (χ1n) is 9.12. The number of halogens is 1. The molecule has 0 atom stereocenters. The molecule has 0 bridgehead atoms. The molecule has 0 unspecified atom stereocenters. The van der Waals surface area contributed by atoms with Crippen LogP contribution in [0.5, 0.6) is 0 Å². The van der Waals surface area contributed by atoms with Gasteiger partial charge >= 0.3 is 0 Å². The van der Waals surface area contributed by atoms with Crippen LogP contribution >= 0.6 is 0 Å². The van der Waals surface area contributed by atoms with E-state index in [1.54, 1.807) is 35.0 Å². The van der Waals surface area contributed by atoms with E-state index in [1.165, 1.54) is 12.3 Å². The minimum absolute atomic E-state index is 0.213. The first-order chi connectivity index (χ1) is 13.7. The first kappa shape index (κ1) is 19.3. The molecule has 2 heterocycles. The molecule has 0 spiro atoms. The highest BCUT2D eigenvalue weighted by molar-refractivity contribution is 7.90. The van der Waals surface area contributed by atoms with Crippen LogP contribution in [0.4, 0.5) is 4.39 Å². The van der Waals surface area contributed by atoms with E-state index in [-0.39, 0.29) is 17.1 Å². The maximum Gasteiger partial charge on any atom is 0.175 e. The van der Waals surface area contributed by atoms with Gasteiger partial charge < -0.3 is 0 Å². The number of nitrogens with zero attached hydrogens (tertiary/aromatic N) is 3. The Balaban J connectivity index is 2.01. The lowest BCUT2D eigenvalue weighted by Gasteiger charge is -2.10. The Hall–Kier alpha value is -3.06. The van der Waals surface area contributed by atoms with Gasteiger partial charge in [-0.15, -0.1) is 0 Å². The molecule has 5 nitrogen and oxygen atoms in total. The molecule has 0 amide bonds. The Bertz CT molecular complexity index is 1330. The van der Waals surface area contributed by atoms with E-state index in [0.717, 1.165) is 22.2 Å². The van der Waals surface area contributed by atoms with E-state index >= 15 is 0 Å². The van der Waals surface area contributed by atoms with Gasteiger partial charge in [-0.2, -0.15) is 5.10 Å². The zero-order valence-corrected chi connectivity index (χ0v) is 17.2. The van der Waals surface area contributed by atoms with E-state index in [1.807, 2.05) is 32.2 Å². The summed E-state index contributed by atoms with van der Waals surface area (Å²) in [5.74, 6) is -0.213. The molecule has 1 aliphatic carbocycles. The van der Waals surface area contributed by atoms with Crippen LogP contribution in [-0.2, 0) is 16.9 Å². The Morgan fingerprint density at radius 1 is 1.17 bits per heavy atom. The highest BCUT2D eigenvalue weighted by atomic mass is 32.2. The lowest BCUT2D eigenvalue weighted by atomic mass is 10.0. The number of fused-ring (bicyclic) bond motifs is 1. The first-order valence-corrected chi connectivity index (χ1v) is 11.0. The summed E-state index contributed by atoms with van der Waals surface area (Å²) in [7, 11) is -1.50. The minimum atomic E-state index is -3.35. The van der Waals surface area contributed by atoms with Crippen LogP contribution in [0.1, 0.15) is 17.8 Å². The summed E-state index contributed by atoms with van der Waals surface area (Å²) in [5, 5.41) is 5.38. The summed E-state index contributed by atoms with van der Waals surface area (Å²) in [6.45, 7) is 1.90. The van der Waals surface area contributed by atoms with Crippen LogP contribution in [0.15, 0.2) is 65.4 Å². The van der Waals surface area contributed by atoms with E-state index in [9.17, 15) is 12.8 Å². The highest BCUT2D eigenvalue weighted by Gasteiger charge is 2.18. The molecule has 7 heteroatoms. The molecule has 29 heavy (non-hydrogen) atoms. The summed E-state index contributed by atoms with van der Waals surface area (Å²) < 4.78 is 39.5. The minimum Gasteiger partial charge on any atom is -0.268 e. The predicted molar refractivity (Wildman–Crippen MR) is 113 cm³/mol. The lowest BCUT2D eigenvalue weighted by Crippen LogP contribution is -1.99. The Morgan fingerprint density at radius 3 is 2.72 bits per heavy atom. The van der Waals surface area contributed by atoms with Crippen molar-refractivity contribution in [2.75, 3.05) is 6.26 Å². The average Bonchev–Trinajstić information content (AvgIpc) is 2.83. The van der Waals surface area contributed by atoms with Crippen molar-refractivity contribution in [1.29, 1.82) is 0 Å². The topological polar surface area (TPSA) is 64.8 Å². The second kappa shape index (κ2) is 7.08. The van der Waals surface area contributed by atoms with Gasteiger partial charge in [0.25, 0.3) is 0 Å². The van der Waals surface area contributed by atoms with Gasteiger partial charge in [-0.3, -0.25) is 4.68 Å². The molecule has 1 aromatic carbocycles. The summed E-state index contributed by atoms with van der Waals surface area (Å²) in [4.78, 5) is 5.07. The average molecular weight is 409 g/mol. The van der Waals surface area contributed by atoms with E-state index in [0.29, 0.717) is 17.0 Å². The lowest BCUT2D eigenvalue weighted by molar-refractivity contribution is 0.602. The molecule has 0 saturated carbocycles. The van der Waals surface area contributed by atoms with Gasteiger partial charge in [0.05, 0.1) is 27.5 Å². The van der Waals surface area contributed by atoms with Crippen molar-refractivity contribution in [1.82, 2.24) is 14.8 Å². The van der Waals surface area contributed by atoms with Gasteiger partial charge in [-0.1, -0.05) is 30.4 Å². The third-order valence-electron chi connectivity index (χ3n) is 4.89. The molecule has 4 rings (SSSR count). The smallest absolute Gasteiger partial charge is 0.175 e. The maximum absolute atomic E-state index is 13.6. The van der Waals surface area contributed by atoms with Gasteiger partial charge in [0, 0.05) is 30.7 Å². The largest absolute Gasteiger partial charge is 0.268 e. The Labute approximate surface area is 168 Å². The van der Waals surface area contributed by atoms with Gasteiger partial charge in [0.1, 0.15) is 5.83 Å². The van der Waals surface area contributed by atoms with E-state index in [4.69, 9.17) is 4.98 Å². The number of sulfone groups is 1. The van der Waals surface area contributed by atoms with Crippen LogP contribution in [0, 0.1) is 6.92 Å². The summed E-state index contributed by atoms with van der Waals surface area (Å²) in [6.07, 6.45) is 8.18. The molecular weight excluding hydrogens is 389 g/mol. The number of hydrogen-bond donors (Lipinski definition) is 0. The van der Waals surface area contributed by atoms with Gasteiger partial charge in [-0.25, -0.2) is 17.8 Å². The van der Waals surface area contributed by atoms with Crippen molar-refractivity contribution >= 4 is 26.3 Å². The highest BCUT2D eigenvalue weighted by Crippen LogP contribution is 2.33. The molecule has 0 aliphatic heterocycles. The number of aryl methyl sites for hydroxylation is 2. The number of hydrogen-bond acceptors (Lipinski definition) is 4. The third-order valence-corrected chi connectivity index (χ3v) is 6.00. The van der Waals surface area contributed by atoms with E-state index in [2.05, 4.69) is 5.10 Å². The summed E-state index contributed by atoms with van der Waals surface area (Å²) >= 11 is 0.